The average Bonchev–Trinajstić information content (AvgIpc) is 2.68. The summed E-state index contributed by atoms with van der Waals surface area (Å²) in [6.07, 6.45) is 5.16. The summed E-state index contributed by atoms with van der Waals surface area (Å²) >= 11 is 0. The number of hydrogen-bond acceptors (Lipinski definition) is 1. The molecule has 0 saturated carbocycles. The van der Waals surface area contributed by atoms with E-state index in [1.54, 1.807) is 5.56 Å². The predicted molar refractivity (Wildman–Crippen MR) is 70.0 cm³/mol. The van der Waals surface area contributed by atoms with Gasteiger partial charge in [-0.25, -0.2) is 0 Å². The molecule has 1 heterocycles. The highest BCUT2D eigenvalue weighted by atomic mass is 15.3. The fraction of sp³-hybridized carbons (Fsp3) is 0.400. The zero-order valence-electron chi connectivity index (χ0n) is 10.5. The van der Waals surface area contributed by atoms with Gasteiger partial charge in [0.25, 0.3) is 0 Å². The fourth-order valence-corrected chi connectivity index (χ4v) is 2.77. The van der Waals surface area contributed by atoms with Crippen molar-refractivity contribution in [2.45, 2.75) is 32.6 Å². The lowest BCUT2D eigenvalue weighted by atomic mass is 9.90. The van der Waals surface area contributed by atoms with Crippen molar-refractivity contribution in [1.29, 1.82) is 0 Å². The van der Waals surface area contributed by atoms with Crippen LogP contribution in [0.2, 0.25) is 0 Å². The Labute approximate surface area is 102 Å². The smallest absolute Gasteiger partial charge is 0.0681 e. The van der Waals surface area contributed by atoms with Crippen LogP contribution in [0, 0.1) is 6.92 Å². The lowest BCUT2D eigenvalue weighted by molar-refractivity contribution is 0.685. The van der Waals surface area contributed by atoms with Gasteiger partial charge in [0.15, 0.2) is 0 Å². The van der Waals surface area contributed by atoms with Gasteiger partial charge in [-0.15, -0.1) is 0 Å². The molecule has 0 aliphatic heterocycles. The number of hydrogen-bond donors (Lipinski definition) is 0. The summed E-state index contributed by atoms with van der Waals surface area (Å²) in [5.41, 5.74) is 6.68. The van der Waals surface area contributed by atoms with Crippen molar-refractivity contribution >= 4 is 0 Å². The molecule has 88 valence electrons. The van der Waals surface area contributed by atoms with Crippen LogP contribution < -0.4 is 0 Å². The molecule has 1 aliphatic rings. The van der Waals surface area contributed by atoms with Crippen LogP contribution in [-0.2, 0) is 19.9 Å². The van der Waals surface area contributed by atoms with Crippen LogP contribution >= 0.6 is 0 Å². The number of rotatable bonds is 1. The van der Waals surface area contributed by atoms with Gasteiger partial charge in [-0.05, 0) is 55.9 Å². The molecule has 1 aromatic carbocycles. The van der Waals surface area contributed by atoms with Crippen LogP contribution in [0.25, 0.3) is 11.3 Å². The van der Waals surface area contributed by atoms with Crippen LogP contribution in [0.15, 0.2) is 24.3 Å². The molecule has 0 spiro atoms. The maximum absolute atomic E-state index is 4.42. The van der Waals surface area contributed by atoms with Crippen molar-refractivity contribution in [3.8, 4) is 11.3 Å². The van der Waals surface area contributed by atoms with Gasteiger partial charge in [0, 0.05) is 12.6 Å². The topological polar surface area (TPSA) is 17.8 Å². The summed E-state index contributed by atoms with van der Waals surface area (Å²) in [5.74, 6) is 0. The minimum atomic E-state index is 1.08. The normalized spacial score (nSPS) is 14.7. The first-order valence-corrected chi connectivity index (χ1v) is 6.37. The highest BCUT2D eigenvalue weighted by molar-refractivity contribution is 5.62. The van der Waals surface area contributed by atoms with Gasteiger partial charge in [0.2, 0.25) is 0 Å². The van der Waals surface area contributed by atoms with E-state index in [1.807, 2.05) is 18.7 Å². The van der Waals surface area contributed by atoms with E-state index in [1.165, 1.54) is 42.5 Å². The number of benzene rings is 1. The van der Waals surface area contributed by atoms with Crippen molar-refractivity contribution in [1.82, 2.24) is 9.78 Å². The van der Waals surface area contributed by atoms with E-state index in [0.29, 0.717) is 0 Å². The molecule has 2 nitrogen and oxygen atoms in total. The Bertz CT molecular complexity index is 552. The Morgan fingerprint density at radius 2 is 1.82 bits per heavy atom. The molecular weight excluding hydrogens is 208 g/mol. The van der Waals surface area contributed by atoms with E-state index < -0.39 is 0 Å². The zero-order valence-corrected chi connectivity index (χ0v) is 10.5. The maximum Gasteiger partial charge on any atom is 0.0681 e. The van der Waals surface area contributed by atoms with Gasteiger partial charge in [-0.2, -0.15) is 5.10 Å². The van der Waals surface area contributed by atoms with Crippen LogP contribution in [-0.4, -0.2) is 9.78 Å². The summed E-state index contributed by atoms with van der Waals surface area (Å²) < 4.78 is 1.97. The highest BCUT2D eigenvalue weighted by Gasteiger charge is 2.11. The summed E-state index contributed by atoms with van der Waals surface area (Å²) in [7, 11) is 2.02. The van der Waals surface area contributed by atoms with E-state index in [-0.39, 0.29) is 0 Å². The summed E-state index contributed by atoms with van der Waals surface area (Å²) in [6.45, 7) is 2.04. The molecule has 0 bridgehead atoms. The van der Waals surface area contributed by atoms with Gasteiger partial charge >= 0.3 is 0 Å². The molecule has 1 aliphatic carbocycles. The van der Waals surface area contributed by atoms with Gasteiger partial charge in [-0.3, -0.25) is 4.68 Å². The number of aromatic nitrogens is 2. The standard InChI is InChI=1S/C15H18N2/c1-11-9-15(17(2)16-11)14-8-7-12-5-3-4-6-13(12)10-14/h7-10H,3-6H2,1-2H3. The number of aryl methyl sites for hydroxylation is 4. The highest BCUT2D eigenvalue weighted by Crippen LogP contribution is 2.27. The Hall–Kier alpha value is -1.57. The molecule has 0 N–H and O–H groups in total. The Morgan fingerprint density at radius 1 is 1.06 bits per heavy atom. The van der Waals surface area contributed by atoms with Crippen LogP contribution in [0.1, 0.15) is 29.7 Å². The van der Waals surface area contributed by atoms with E-state index in [9.17, 15) is 0 Å². The Kier molecular flexibility index (Phi) is 2.50. The molecular formula is C15H18N2. The third-order valence-corrected chi connectivity index (χ3v) is 3.65. The van der Waals surface area contributed by atoms with Gasteiger partial charge in [0.05, 0.1) is 11.4 Å². The van der Waals surface area contributed by atoms with E-state index in [4.69, 9.17) is 0 Å². The monoisotopic (exact) mass is 226 g/mol. The quantitative estimate of drug-likeness (QED) is 0.729. The van der Waals surface area contributed by atoms with Crippen molar-refractivity contribution in [2.75, 3.05) is 0 Å². The van der Waals surface area contributed by atoms with Gasteiger partial charge in [0.1, 0.15) is 0 Å². The third-order valence-electron chi connectivity index (χ3n) is 3.65. The second-order valence-electron chi connectivity index (χ2n) is 4.99. The van der Waals surface area contributed by atoms with E-state index >= 15 is 0 Å². The van der Waals surface area contributed by atoms with E-state index in [0.717, 1.165) is 5.69 Å². The van der Waals surface area contributed by atoms with Gasteiger partial charge in [-0.1, -0.05) is 12.1 Å². The second kappa shape index (κ2) is 4.02. The molecule has 0 unspecified atom stereocenters. The summed E-state index contributed by atoms with van der Waals surface area (Å²) in [5, 5.41) is 4.42. The zero-order chi connectivity index (χ0) is 11.8. The van der Waals surface area contributed by atoms with E-state index in [2.05, 4.69) is 29.4 Å². The van der Waals surface area contributed by atoms with Crippen molar-refractivity contribution < 1.29 is 0 Å². The van der Waals surface area contributed by atoms with Crippen LogP contribution in [0.3, 0.4) is 0 Å². The van der Waals surface area contributed by atoms with Crippen LogP contribution in [0.4, 0.5) is 0 Å². The first kappa shape index (κ1) is 10.6. The van der Waals surface area contributed by atoms with Gasteiger partial charge < -0.3 is 0 Å². The second-order valence-corrected chi connectivity index (χ2v) is 4.99. The number of nitrogens with zero attached hydrogens (tertiary/aromatic N) is 2. The first-order chi connectivity index (χ1) is 8.24. The largest absolute Gasteiger partial charge is 0.268 e. The number of fused-ring (bicyclic) bond motifs is 1. The minimum Gasteiger partial charge on any atom is -0.268 e. The molecule has 0 fully saturated rings. The first-order valence-electron chi connectivity index (χ1n) is 6.37. The van der Waals surface area contributed by atoms with Crippen molar-refractivity contribution in [2.24, 2.45) is 7.05 Å². The maximum atomic E-state index is 4.42. The molecule has 0 radical (unpaired) electrons. The average molecular weight is 226 g/mol. The van der Waals surface area contributed by atoms with Crippen molar-refractivity contribution in [3.63, 3.8) is 0 Å². The molecule has 2 aromatic rings. The lowest BCUT2D eigenvalue weighted by Gasteiger charge is -2.16. The predicted octanol–water partition coefficient (Wildman–Crippen LogP) is 3.27. The minimum absolute atomic E-state index is 1.08. The fourth-order valence-electron chi connectivity index (χ4n) is 2.77. The molecule has 0 atom stereocenters. The molecule has 17 heavy (non-hydrogen) atoms. The molecule has 3 rings (SSSR count). The SMILES string of the molecule is Cc1cc(-c2ccc3c(c2)CCCC3)n(C)n1. The third kappa shape index (κ3) is 1.88. The van der Waals surface area contributed by atoms with Crippen LogP contribution in [0.5, 0.6) is 0 Å². The molecule has 0 amide bonds. The molecule has 2 heteroatoms. The summed E-state index contributed by atoms with van der Waals surface area (Å²) in [4.78, 5) is 0. The lowest BCUT2D eigenvalue weighted by Crippen LogP contribution is -2.03. The summed E-state index contributed by atoms with van der Waals surface area (Å²) in [6, 6.07) is 9.04. The molecule has 1 aromatic heterocycles. The Morgan fingerprint density at radius 3 is 2.53 bits per heavy atom. The van der Waals surface area contributed by atoms with Crippen molar-refractivity contribution in [3.05, 3.63) is 41.1 Å². The molecule has 0 saturated heterocycles. The Balaban J connectivity index is 2.06.